The third-order valence-electron chi connectivity index (χ3n) is 3.89. The molecule has 0 radical (unpaired) electrons. The van der Waals surface area contributed by atoms with Crippen molar-refractivity contribution in [1.82, 2.24) is 5.32 Å². The van der Waals surface area contributed by atoms with Crippen molar-refractivity contribution in [1.29, 1.82) is 0 Å². The molecular weight excluding hydrogens is 258 g/mol. The molecule has 106 valence electrons. The largest absolute Gasteiger partial charge is 0.372 e. The topological polar surface area (TPSA) is 21.3 Å². The molecule has 1 fully saturated rings. The second-order valence-electron chi connectivity index (χ2n) is 5.30. The lowest BCUT2D eigenvalue weighted by Crippen LogP contribution is -2.24. The Balaban J connectivity index is 1.84. The number of hydrogen-bond donors (Lipinski definition) is 1. The monoisotopic (exact) mass is 281 g/mol. The normalized spacial score (nSPS) is 17.2. The van der Waals surface area contributed by atoms with E-state index in [0.29, 0.717) is 0 Å². The molecule has 1 N–H and O–H groups in total. The quantitative estimate of drug-likeness (QED) is 0.771. The van der Waals surface area contributed by atoms with Crippen LogP contribution in [0.3, 0.4) is 0 Å². The van der Waals surface area contributed by atoms with Crippen molar-refractivity contribution < 1.29 is 4.74 Å². The zero-order valence-electron chi connectivity index (χ0n) is 11.7. The van der Waals surface area contributed by atoms with Gasteiger partial charge >= 0.3 is 0 Å². The highest BCUT2D eigenvalue weighted by Gasteiger charge is 2.18. The smallest absolute Gasteiger partial charge is 0.0949 e. The number of rotatable bonds is 8. The minimum Gasteiger partial charge on any atom is -0.372 e. The van der Waals surface area contributed by atoms with Gasteiger partial charge in [-0.25, -0.2) is 0 Å². The van der Waals surface area contributed by atoms with E-state index in [2.05, 4.69) is 24.4 Å². The molecule has 0 bridgehead atoms. The fourth-order valence-electron chi connectivity index (χ4n) is 2.38. The molecule has 3 heteroatoms. The molecule has 1 aliphatic carbocycles. The lowest BCUT2D eigenvalue weighted by atomic mass is 9.83. The maximum atomic E-state index is 6.07. The average molecular weight is 282 g/mol. The maximum Gasteiger partial charge on any atom is 0.0949 e. The Kier molecular flexibility index (Phi) is 6.15. The van der Waals surface area contributed by atoms with Gasteiger partial charge in [-0.1, -0.05) is 49.9 Å². The van der Waals surface area contributed by atoms with Gasteiger partial charge in [0.05, 0.1) is 6.10 Å². The van der Waals surface area contributed by atoms with Crippen LogP contribution in [-0.2, 0) is 4.74 Å². The molecule has 2 nitrogen and oxygen atoms in total. The van der Waals surface area contributed by atoms with Gasteiger partial charge in [0.2, 0.25) is 0 Å². The summed E-state index contributed by atoms with van der Waals surface area (Å²) in [6.07, 6.45) is 5.53. The SMILES string of the molecule is CCNCC(OCCC1CCC1)c1ccc(Cl)cc1. The summed E-state index contributed by atoms with van der Waals surface area (Å²) in [5.41, 5.74) is 1.21. The van der Waals surface area contributed by atoms with Gasteiger partial charge in [0.1, 0.15) is 0 Å². The zero-order valence-corrected chi connectivity index (χ0v) is 12.5. The van der Waals surface area contributed by atoms with Crippen molar-refractivity contribution in [2.45, 2.75) is 38.7 Å². The molecule has 0 saturated heterocycles. The van der Waals surface area contributed by atoms with Gasteiger partial charge in [-0.3, -0.25) is 0 Å². The standard InChI is InChI=1S/C16H24ClNO/c1-2-18-12-16(14-6-8-15(17)9-7-14)19-11-10-13-4-3-5-13/h6-9,13,16,18H,2-5,10-12H2,1H3. The van der Waals surface area contributed by atoms with Gasteiger partial charge in [-0.2, -0.15) is 0 Å². The number of hydrogen-bond acceptors (Lipinski definition) is 2. The molecule has 1 aliphatic rings. The van der Waals surface area contributed by atoms with Crippen molar-refractivity contribution in [2.75, 3.05) is 19.7 Å². The van der Waals surface area contributed by atoms with Crippen molar-refractivity contribution in [3.05, 3.63) is 34.9 Å². The van der Waals surface area contributed by atoms with E-state index in [1.54, 1.807) is 0 Å². The highest BCUT2D eigenvalue weighted by atomic mass is 35.5. The summed E-state index contributed by atoms with van der Waals surface area (Å²) in [5.74, 6) is 0.907. The molecule has 0 spiro atoms. The van der Waals surface area contributed by atoms with Crippen LogP contribution in [0.25, 0.3) is 0 Å². The van der Waals surface area contributed by atoms with Crippen LogP contribution < -0.4 is 5.32 Å². The van der Waals surface area contributed by atoms with Crippen LogP contribution in [0.4, 0.5) is 0 Å². The molecular formula is C16H24ClNO. The van der Waals surface area contributed by atoms with E-state index in [0.717, 1.165) is 30.6 Å². The lowest BCUT2D eigenvalue weighted by molar-refractivity contribution is 0.0375. The van der Waals surface area contributed by atoms with Crippen molar-refractivity contribution in [3.8, 4) is 0 Å². The Hall–Kier alpha value is -0.570. The van der Waals surface area contributed by atoms with Crippen LogP contribution >= 0.6 is 11.6 Å². The summed E-state index contributed by atoms with van der Waals surface area (Å²) in [5, 5.41) is 4.15. The Labute approximate surface area is 121 Å². The minimum absolute atomic E-state index is 0.136. The zero-order chi connectivity index (χ0) is 13.5. The van der Waals surface area contributed by atoms with Gasteiger partial charge in [-0.15, -0.1) is 0 Å². The number of halogens is 1. The number of likely N-dealkylation sites (N-methyl/N-ethyl adjacent to an activating group) is 1. The third kappa shape index (κ3) is 4.79. The highest BCUT2D eigenvalue weighted by molar-refractivity contribution is 6.30. The highest BCUT2D eigenvalue weighted by Crippen LogP contribution is 2.30. The van der Waals surface area contributed by atoms with Crippen LogP contribution in [0.5, 0.6) is 0 Å². The molecule has 0 amide bonds. The third-order valence-corrected chi connectivity index (χ3v) is 4.14. The molecule has 0 aromatic heterocycles. The van der Waals surface area contributed by atoms with E-state index in [-0.39, 0.29) is 6.10 Å². The summed E-state index contributed by atoms with van der Waals surface area (Å²) in [6, 6.07) is 8.00. The first kappa shape index (κ1) is 14.8. The minimum atomic E-state index is 0.136. The first-order valence-electron chi connectivity index (χ1n) is 7.37. The number of ether oxygens (including phenoxy) is 1. The van der Waals surface area contributed by atoms with Crippen LogP contribution in [-0.4, -0.2) is 19.7 Å². The molecule has 1 atom stereocenters. The summed E-state index contributed by atoms with van der Waals surface area (Å²) < 4.78 is 6.07. The molecule has 2 rings (SSSR count). The first-order valence-corrected chi connectivity index (χ1v) is 7.75. The fourth-order valence-corrected chi connectivity index (χ4v) is 2.51. The summed E-state index contributed by atoms with van der Waals surface area (Å²) in [4.78, 5) is 0. The maximum absolute atomic E-state index is 6.07. The summed E-state index contributed by atoms with van der Waals surface area (Å²) >= 11 is 5.94. The Bertz CT molecular complexity index is 362. The van der Waals surface area contributed by atoms with Crippen LogP contribution in [0.2, 0.25) is 5.02 Å². The molecule has 0 heterocycles. The van der Waals surface area contributed by atoms with Gasteiger partial charge in [0, 0.05) is 18.2 Å². The van der Waals surface area contributed by atoms with E-state index >= 15 is 0 Å². The number of nitrogens with one attached hydrogen (secondary N) is 1. The fraction of sp³-hybridized carbons (Fsp3) is 0.625. The van der Waals surface area contributed by atoms with Gasteiger partial charge in [0.25, 0.3) is 0 Å². The van der Waals surface area contributed by atoms with Crippen LogP contribution in [0.1, 0.15) is 44.3 Å². The summed E-state index contributed by atoms with van der Waals surface area (Å²) in [7, 11) is 0. The average Bonchev–Trinajstić information content (AvgIpc) is 2.37. The van der Waals surface area contributed by atoms with E-state index in [1.165, 1.54) is 31.2 Å². The van der Waals surface area contributed by atoms with Crippen LogP contribution in [0, 0.1) is 5.92 Å². The predicted octanol–water partition coefficient (Wildman–Crippen LogP) is 4.20. The van der Waals surface area contributed by atoms with E-state index < -0.39 is 0 Å². The lowest BCUT2D eigenvalue weighted by Gasteiger charge is -2.26. The number of benzene rings is 1. The molecule has 0 aliphatic heterocycles. The van der Waals surface area contributed by atoms with Crippen molar-refractivity contribution in [2.24, 2.45) is 5.92 Å². The van der Waals surface area contributed by atoms with Gasteiger partial charge < -0.3 is 10.1 Å². The van der Waals surface area contributed by atoms with Crippen molar-refractivity contribution >= 4 is 11.6 Å². The predicted molar refractivity (Wildman–Crippen MR) is 80.6 cm³/mol. The second kappa shape index (κ2) is 7.88. The molecule has 19 heavy (non-hydrogen) atoms. The van der Waals surface area contributed by atoms with Gasteiger partial charge in [0.15, 0.2) is 0 Å². The van der Waals surface area contributed by atoms with Gasteiger partial charge in [-0.05, 0) is 36.6 Å². The molecule has 1 aromatic rings. The molecule has 1 saturated carbocycles. The Morgan fingerprint density at radius 1 is 1.32 bits per heavy atom. The first-order chi connectivity index (χ1) is 9.29. The Morgan fingerprint density at radius 2 is 2.05 bits per heavy atom. The summed E-state index contributed by atoms with van der Waals surface area (Å²) in [6.45, 7) is 4.81. The second-order valence-corrected chi connectivity index (χ2v) is 5.74. The van der Waals surface area contributed by atoms with Crippen LogP contribution in [0.15, 0.2) is 24.3 Å². The van der Waals surface area contributed by atoms with E-state index in [1.807, 2.05) is 12.1 Å². The van der Waals surface area contributed by atoms with E-state index in [4.69, 9.17) is 16.3 Å². The van der Waals surface area contributed by atoms with Crippen molar-refractivity contribution in [3.63, 3.8) is 0 Å². The Morgan fingerprint density at radius 3 is 2.63 bits per heavy atom. The molecule has 1 aromatic carbocycles. The van der Waals surface area contributed by atoms with E-state index in [9.17, 15) is 0 Å². The molecule has 1 unspecified atom stereocenters.